The van der Waals surface area contributed by atoms with E-state index in [4.69, 9.17) is 20.8 Å². The van der Waals surface area contributed by atoms with Crippen LogP contribution in [0.1, 0.15) is 16.1 Å². The van der Waals surface area contributed by atoms with Crippen molar-refractivity contribution in [1.82, 2.24) is 0 Å². The van der Waals surface area contributed by atoms with Crippen LogP contribution in [0.5, 0.6) is 5.75 Å². The molecule has 4 aromatic rings. The number of furan rings is 1. The lowest BCUT2D eigenvalue weighted by Crippen LogP contribution is -2.37. The highest BCUT2D eigenvalue weighted by Crippen LogP contribution is 2.33. The minimum atomic E-state index is -4.27. The van der Waals surface area contributed by atoms with E-state index in [2.05, 4.69) is 0 Å². The third-order valence-electron chi connectivity index (χ3n) is 4.75. The van der Waals surface area contributed by atoms with Gasteiger partial charge in [0.25, 0.3) is 10.0 Å². The van der Waals surface area contributed by atoms with Gasteiger partial charge in [-0.15, -0.1) is 0 Å². The van der Waals surface area contributed by atoms with Crippen LogP contribution in [-0.4, -0.2) is 21.4 Å². The Kier molecular flexibility index (Phi) is 5.47. The number of amides is 1. The lowest BCUT2D eigenvalue weighted by Gasteiger charge is -2.22. The third kappa shape index (κ3) is 3.89. The fraction of sp³-hybridized carbons (Fsp3) is 0.0870. The zero-order valence-electron chi connectivity index (χ0n) is 16.7. The number of sulfonamides is 1. The Bertz CT molecular complexity index is 1340. The Balaban J connectivity index is 1.88. The number of halogens is 1. The molecule has 31 heavy (non-hydrogen) atoms. The summed E-state index contributed by atoms with van der Waals surface area (Å²) in [4.78, 5) is 13.4. The molecule has 0 aliphatic carbocycles. The van der Waals surface area contributed by atoms with Crippen molar-refractivity contribution in [2.75, 3.05) is 11.4 Å². The van der Waals surface area contributed by atoms with Gasteiger partial charge in [0.1, 0.15) is 11.3 Å². The van der Waals surface area contributed by atoms with Crippen LogP contribution in [0, 0.1) is 6.92 Å². The standard InChI is InChI=1S/C23H18ClNO5S/c1-15-7-10-18(11-8-15)31(27,28)25(17-9-12-21(29-2)19(24)14-17)23(26)22-13-16-5-3-4-6-20(16)30-22/h3-14H,1-2H3. The molecule has 0 saturated heterocycles. The van der Waals surface area contributed by atoms with Gasteiger partial charge in [0.15, 0.2) is 5.76 Å². The SMILES string of the molecule is COc1ccc(N(C(=O)c2cc3ccccc3o2)S(=O)(=O)c2ccc(C)cc2)cc1Cl. The molecule has 1 aromatic heterocycles. The predicted molar refractivity (Wildman–Crippen MR) is 119 cm³/mol. The summed E-state index contributed by atoms with van der Waals surface area (Å²) in [5.41, 5.74) is 1.43. The van der Waals surface area contributed by atoms with Gasteiger partial charge in [-0.05, 0) is 49.4 Å². The molecule has 8 heteroatoms. The first-order chi connectivity index (χ1) is 14.8. The van der Waals surface area contributed by atoms with Gasteiger partial charge < -0.3 is 9.15 Å². The minimum absolute atomic E-state index is 0.0329. The lowest BCUT2D eigenvalue weighted by molar-refractivity contribution is 0.0981. The Morgan fingerprint density at radius 1 is 1.00 bits per heavy atom. The second-order valence-electron chi connectivity index (χ2n) is 6.85. The topological polar surface area (TPSA) is 76.8 Å². The van der Waals surface area contributed by atoms with E-state index in [1.165, 1.54) is 43.5 Å². The summed E-state index contributed by atoms with van der Waals surface area (Å²) in [6.45, 7) is 1.84. The van der Waals surface area contributed by atoms with Gasteiger partial charge >= 0.3 is 5.91 Å². The van der Waals surface area contributed by atoms with Crippen LogP contribution in [-0.2, 0) is 10.0 Å². The molecule has 0 fully saturated rings. The summed E-state index contributed by atoms with van der Waals surface area (Å²) in [5.74, 6) is -0.587. The summed E-state index contributed by atoms with van der Waals surface area (Å²) < 4.78 is 38.5. The summed E-state index contributed by atoms with van der Waals surface area (Å²) in [7, 11) is -2.82. The third-order valence-corrected chi connectivity index (χ3v) is 6.77. The number of hydrogen-bond acceptors (Lipinski definition) is 5. The van der Waals surface area contributed by atoms with E-state index in [1.807, 2.05) is 6.92 Å². The maximum Gasteiger partial charge on any atom is 0.308 e. The van der Waals surface area contributed by atoms with Crippen LogP contribution in [0.4, 0.5) is 5.69 Å². The van der Waals surface area contributed by atoms with Gasteiger partial charge in [0.2, 0.25) is 0 Å². The van der Waals surface area contributed by atoms with E-state index in [9.17, 15) is 13.2 Å². The number of hydrogen-bond donors (Lipinski definition) is 0. The fourth-order valence-electron chi connectivity index (χ4n) is 3.15. The van der Waals surface area contributed by atoms with Crippen molar-refractivity contribution in [2.24, 2.45) is 0 Å². The molecule has 0 N–H and O–H groups in total. The number of rotatable bonds is 5. The van der Waals surface area contributed by atoms with E-state index >= 15 is 0 Å². The highest BCUT2D eigenvalue weighted by Gasteiger charge is 2.34. The number of para-hydroxylation sites is 1. The summed E-state index contributed by atoms with van der Waals surface area (Å²) in [6.07, 6.45) is 0. The van der Waals surface area contributed by atoms with E-state index in [-0.39, 0.29) is 21.4 Å². The molecular weight excluding hydrogens is 438 g/mol. The highest BCUT2D eigenvalue weighted by atomic mass is 35.5. The summed E-state index contributed by atoms with van der Waals surface area (Å²) >= 11 is 6.22. The Morgan fingerprint density at radius 3 is 2.35 bits per heavy atom. The largest absolute Gasteiger partial charge is 0.495 e. The maximum atomic E-state index is 13.5. The van der Waals surface area contributed by atoms with Crippen molar-refractivity contribution in [1.29, 1.82) is 0 Å². The molecule has 0 radical (unpaired) electrons. The average Bonchev–Trinajstić information content (AvgIpc) is 3.18. The molecule has 1 amide bonds. The average molecular weight is 456 g/mol. The van der Waals surface area contributed by atoms with Gasteiger partial charge in [-0.1, -0.05) is 47.5 Å². The van der Waals surface area contributed by atoms with Crippen molar-refractivity contribution in [3.05, 3.63) is 89.1 Å². The molecule has 1 heterocycles. The molecule has 0 spiro atoms. The second kappa shape index (κ2) is 8.09. The molecule has 0 aliphatic heterocycles. The van der Waals surface area contributed by atoms with Crippen LogP contribution in [0.25, 0.3) is 11.0 Å². The molecular formula is C23H18ClNO5S. The first kappa shape index (κ1) is 21.0. The van der Waals surface area contributed by atoms with Crippen molar-refractivity contribution in [3.63, 3.8) is 0 Å². The molecule has 0 bridgehead atoms. The number of carbonyl (C=O) groups excluding carboxylic acids is 1. The molecule has 0 aliphatic rings. The van der Waals surface area contributed by atoms with Gasteiger partial charge in [-0.25, -0.2) is 8.42 Å². The van der Waals surface area contributed by atoms with E-state index in [0.717, 1.165) is 5.56 Å². The molecule has 6 nitrogen and oxygen atoms in total. The maximum absolute atomic E-state index is 13.5. The van der Waals surface area contributed by atoms with Gasteiger partial charge in [0.05, 0.1) is 22.7 Å². The Morgan fingerprint density at radius 2 is 1.71 bits per heavy atom. The monoisotopic (exact) mass is 455 g/mol. The van der Waals surface area contributed by atoms with Crippen molar-refractivity contribution in [3.8, 4) is 5.75 Å². The van der Waals surface area contributed by atoms with Gasteiger partial charge in [0, 0.05) is 5.39 Å². The van der Waals surface area contributed by atoms with Crippen LogP contribution < -0.4 is 9.04 Å². The number of aryl methyl sites for hydroxylation is 1. The summed E-state index contributed by atoms with van der Waals surface area (Å²) in [5, 5.41) is 0.854. The lowest BCUT2D eigenvalue weighted by atomic mass is 10.2. The van der Waals surface area contributed by atoms with E-state index in [1.54, 1.807) is 36.4 Å². The van der Waals surface area contributed by atoms with Gasteiger partial charge in [-0.3, -0.25) is 4.79 Å². The van der Waals surface area contributed by atoms with Gasteiger partial charge in [-0.2, -0.15) is 4.31 Å². The minimum Gasteiger partial charge on any atom is -0.495 e. The number of nitrogens with zero attached hydrogens (tertiary/aromatic N) is 1. The number of carbonyl (C=O) groups is 1. The first-order valence-corrected chi connectivity index (χ1v) is 11.1. The number of methoxy groups -OCH3 is 1. The number of anilines is 1. The van der Waals surface area contributed by atoms with E-state index < -0.39 is 15.9 Å². The predicted octanol–water partition coefficient (Wildman–Crippen LogP) is 5.44. The molecule has 0 saturated carbocycles. The number of benzene rings is 3. The smallest absolute Gasteiger partial charge is 0.308 e. The zero-order valence-corrected chi connectivity index (χ0v) is 18.3. The Labute approximate surface area is 184 Å². The zero-order chi connectivity index (χ0) is 22.2. The molecule has 0 unspecified atom stereocenters. The molecule has 3 aromatic carbocycles. The normalized spacial score (nSPS) is 11.5. The number of fused-ring (bicyclic) bond motifs is 1. The van der Waals surface area contributed by atoms with Crippen LogP contribution in [0.15, 0.2) is 82.1 Å². The summed E-state index contributed by atoms with van der Waals surface area (Å²) in [6, 6.07) is 19.1. The quantitative estimate of drug-likeness (QED) is 0.400. The molecule has 0 atom stereocenters. The molecule has 4 rings (SSSR count). The van der Waals surface area contributed by atoms with Crippen LogP contribution >= 0.6 is 11.6 Å². The van der Waals surface area contributed by atoms with Crippen LogP contribution in [0.2, 0.25) is 5.02 Å². The Hall–Kier alpha value is -3.29. The second-order valence-corrected chi connectivity index (χ2v) is 9.05. The molecule has 158 valence electrons. The number of ether oxygens (including phenoxy) is 1. The van der Waals surface area contributed by atoms with Crippen LogP contribution in [0.3, 0.4) is 0 Å². The van der Waals surface area contributed by atoms with E-state index in [0.29, 0.717) is 21.0 Å². The fourth-order valence-corrected chi connectivity index (χ4v) is 4.79. The van der Waals surface area contributed by atoms with Crippen molar-refractivity contribution >= 4 is 44.2 Å². The highest BCUT2D eigenvalue weighted by molar-refractivity contribution is 7.93. The first-order valence-electron chi connectivity index (χ1n) is 9.30. The van der Waals surface area contributed by atoms with Crippen molar-refractivity contribution < 1.29 is 22.4 Å². The van der Waals surface area contributed by atoms with Crippen molar-refractivity contribution in [2.45, 2.75) is 11.8 Å².